The Hall–Kier alpha value is -2.04. The fraction of sp³-hybridized carbons (Fsp3) is 0.600. The highest BCUT2D eigenvalue weighted by molar-refractivity contribution is 5.86. The molecule has 5 rings (SSSR count). The summed E-state index contributed by atoms with van der Waals surface area (Å²) in [7, 11) is 1.54. The molecule has 4 aliphatic carbocycles. The van der Waals surface area contributed by atoms with Gasteiger partial charge in [-0.05, 0) is 68.3 Å². The van der Waals surface area contributed by atoms with Gasteiger partial charge in [0.25, 0.3) is 0 Å². The fourth-order valence-corrected chi connectivity index (χ4v) is 6.08. The van der Waals surface area contributed by atoms with Crippen LogP contribution < -0.4 is 16.2 Å². The molecule has 25 heavy (non-hydrogen) atoms. The van der Waals surface area contributed by atoms with Gasteiger partial charge < -0.3 is 5.32 Å². The summed E-state index contributed by atoms with van der Waals surface area (Å²) in [6.45, 7) is 2.11. The third-order valence-corrected chi connectivity index (χ3v) is 6.72. The van der Waals surface area contributed by atoms with Crippen LogP contribution in [0.5, 0.6) is 0 Å². The second kappa shape index (κ2) is 5.75. The molecule has 4 aliphatic rings. The van der Waals surface area contributed by atoms with Crippen molar-refractivity contribution in [2.24, 2.45) is 17.3 Å². The van der Waals surface area contributed by atoms with Crippen LogP contribution in [0.3, 0.4) is 0 Å². The van der Waals surface area contributed by atoms with E-state index < -0.39 is 0 Å². The predicted molar refractivity (Wildman–Crippen MR) is 95.7 cm³/mol. The smallest absolute Gasteiger partial charge is 0.333 e. The molecule has 0 aromatic heterocycles. The molecule has 4 fully saturated rings. The van der Waals surface area contributed by atoms with E-state index in [2.05, 4.69) is 47.4 Å². The van der Waals surface area contributed by atoms with Crippen LogP contribution in [-0.2, 0) is 10.2 Å². The molecule has 2 unspecified atom stereocenters. The standard InChI is InChI=1S/C20H27N3O2/c1-13-3-5-16(6-4-13)19-8-14-7-15(9-19)11-20(10-14,12-19)17(24)22-23-18(25)21-2/h3-6,14-15H,7-12H2,1-2H3,(H,22,24)(H2,21,23,25). The van der Waals surface area contributed by atoms with Crippen molar-refractivity contribution < 1.29 is 9.59 Å². The van der Waals surface area contributed by atoms with E-state index in [4.69, 9.17) is 0 Å². The van der Waals surface area contributed by atoms with E-state index in [9.17, 15) is 9.59 Å². The maximum atomic E-state index is 13.0. The van der Waals surface area contributed by atoms with Crippen LogP contribution >= 0.6 is 0 Å². The van der Waals surface area contributed by atoms with Crippen LogP contribution in [0.2, 0.25) is 0 Å². The first-order valence-corrected chi connectivity index (χ1v) is 9.30. The van der Waals surface area contributed by atoms with Crippen LogP contribution in [-0.4, -0.2) is 19.0 Å². The first kappa shape index (κ1) is 16.4. The Kier molecular flexibility index (Phi) is 3.78. The Labute approximate surface area is 148 Å². The van der Waals surface area contributed by atoms with Gasteiger partial charge >= 0.3 is 6.03 Å². The van der Waals surface area contributed by atoms with Crippen molar-refractivity contribution in [3.8, 4) is 0 Å². The zero-order valence-electron chi connectivity index (χ0n) is 15.0. The molecule has 3 N–H and O–H groups in total. The molecular weight excluding hydrogens is 314 g/mol. The molecule has 0 aliphatic heterocycles. The summed E-state index contributed by atoms with van der Waals surface area (Å²) in [6.07, 6.45) is 6.47. The predicted octanol–water partition coefficient (Wildman–Crippen LogP) is 2.79. The minimum atomic E-state index is -0.383. The number of hydrazine groups is 1. The molecule has 4 bridgehead atoms. The van der Waals surface area contributed by atoms with Crippen LogP contribution in [0, 0.1) is 24.2 Å². The van der Waals surface area contributed by atoms with Gasteiger partial charge in [-0.1, -0.05) is 29.8 Å². The molecule has 0 spiro atoms. The SMILES string of the molecule is CNC(=O)NNC(=O)C12CC3CC(C1)CC(c1ccc(C)cc1)(C3)C2. The summed E-state index contributed by atoms with van der Waals surface area (Å²) in [4.78, 5) is 24.4. The number of nitrogens with one attached hydrogen (secondary N) is 3. The zero-order valence-corrected chi connectivity index (χ0v) is 15.0. The lowest BCUT2D eigenvalue weighted by Gasteiger charge is -2.61. The zero-order chi connectivity index (χ0) is 17.7. The van der Waals surface area contributed by atoms with Crippen molar-refractivity contribution in [1.29, 1.82) is 0 Å². The highest BCUT2D eigenvalue weighted by Crippen LogP contribution is 2.65. The molecule has 0 radical (unpaired) electrons. The summed E-state index contributed by atoms with van der Waals surface area (Å²) < 4.78 is 0. The molecule has 2 atom stereocenters. The van der Waals surface area contributed by atoms with Crippen LogP contribution in [0.15, 0.2) is 24.3 Å². The van der Waals surface area contributed by atoms with E-state index in [0.717, 1.165) is 19.3 Å². The Balaban J connectivity index is 1.61. The summed E-state index contributed by atoms with van der Waals surface area (Å²) >= 11 is 0. The molecule has 5 nitrogen and oxygen atoms in total. The molecular formula is C20H27N3O2. The molecule has 3 amide bonds. The van der Waals surface area contributed by atoms with Crippen LogP contribution in [0.4, 0.5) is 4.79 Å². The highest BCUT2D eigenvalue weighted by atomic mass is 16.2. The summed E-state index contributed by atoms with van der Waals surface area (Å²) in [5.74, 6) is 1.23. The number of amides is 3. The average molecular weight is 341 g/mol. The second-order valence-electron chi connectivity index (χ2n) is 8.55. The number of carbonyl (C=O) groups is 2. The molecule has 0 heterocycles. The van der Waals surface area contributed by atoms with E-state index in [1.807, 2.05) is 0 Å². The van der Waals surface area contributed by atoms with Gasteiger partial charge in [0, 0.05) is 7.05 Å². The normalized spacial score (nSPS) is 35.3. The van der Waals surface area contributed by atoms with Gasteiger partial charge in [0.1, 0.15) is 0 Å². The molecule has 134 valence electrons. The lowest BCUT2D eigenvalue weighted by atomic mass is 9.42. The largest absolute Gasteiger partial charge is 0.340 e. The topological polar surface area (TPSA) is 70.2 Å². The third kappa shape index (κ3) is 2.70. The minimum absolute atomic E-state index is 0.0123. The summed E-state index contributed by atoms with van der Waals surface area (Å²) in [6, 6.07) is 8.52. The van der Waals surface area contributed by atoms with E-state index >= 15 is 0 Å². The lowest BCUT2D eigenvalue weighted by molar-refractivity contribution is -0.149. The number of hydrogen-bond donors (Lipinski definition) is 3. The van der Waals surface area contributed by atoms with E-state index in [1.165, 1.54) is 30.4 Å². The number of aryl methyl sites for hydroxylation is 1. The first-order valence-electron chi connectivity index (χ1n) is 9.30. The van der Waals surface area contributed by atoms with E-state index in [-0.39, 0.29) is 22.8 Å². The highest BCUT2D eigenvalue weighted by Gasteiger charge is 2.60. The van der Waals surface area contributed by atoms with Gasteiger partial charge in [0.05, 0.1) is 5.41 Å². The number of rotatable bonds is 2. The Bertz CT molecular complexity index is 683. The number of urea groups is 1. The quantitative estimate of drug-likeness (QED) is 0.724. The molecule has 1 aromatic carbocycles. The monoisotopic (exact) mass is 341 g/mol. The maximum Gasteiger partial charge on any atom is 0.333 e. The van der Waals surface area contributed by atoms with Gasteiger partial charge in [-0.15, -0.1) is 0 Å². The van der Waals surface area contributed by atoms with Crippen molar-refractivity contribution in [2.45, 2.75) is 50.9 Å². The fourth-order valence-electron chi connectivity index (χ4n) is 6.08. The minimum Gasteiger partial charge on any atom is -0.340 e. The van der Waals surface area contributed by atoms with Gasteiger partial charge in [-0.25, -0.2) is 10.2 Å². The average Bonchev–Trinajstić information content (AvgIpc) is 2.58. The van der Waals surface area contributed by atoms with Gasteiger partial charge in [-0.2, -0.15) is 0 Å². The van der Waals surface area contributed by atoms with Crippen molar-refractivity contribution in [2.75, 3.05) is 7.05 Å². The molecule has 4 saturated carbocycles. The van der Waals surface area contributed by atoms with E-state index in [0.29, 0.717) is 11.8 Å². The lowest BCUT2D eigenvalue weighted by Crippen LogP contribution is -2.61. The van der Waals surface area contributed by atoms with Crippen molar-refractivity contribution >= 4 is 11.9 Å². The Morgan fingerprint density at radius 1 is 1.00 bits per heavy atom. The van der Waals surface area contributed by atoms with Gasteiger partial charge in [0.15, 0.2) is 0 Å². The number of carbonyl (C=O) groups excluding carboxylic acids is 2. The molecule has 5 heteroatoms. The summed E-state index contributed by atoms with van der Waals surface area (Å²) in [5, 5.41) is 2.47. The van der Waals surface area contributed by atoms with E-state index in [1.54, 1.807) is 7.05 Å². The first-order chi connectivity index (χ1) is 11.9. The van der Waals surface area contributed by atoms with Crippen molar-refractivity contribution in [3.63, 3.8) is 0 Å². The van der Waals surface area contributed by atoms with Gasteiger partial charge in [0.2, 0.25) is 5.91 Å². The number of hydrogen-bond acceptors (Lipinski definition) is 2. The van der Waals surface area contributed by atoms with Crippen LogP contribution in [0.1, 0.15) is 49.7 Å². The maximum absolute atomic E-state index is 13.0. The van der Waals surface area contributed by atoms with Crippen molar-refractivity contribution in [3.05, 3.63) is 35.4 Å². The molecule has 0 saturated heterocycles. The third-order valence-electron chi connectivity index (χ3n) is 6.72. The van der Waals surface area contributed by atoms with Gasteiger partial charge in [-0.3, -0.25) is 10.2 Å². The van der Waals surface area contributed by atoms with Crippen LogP contribution in [0.25, 0.3) is 0 Å². The number of benzene rings is 1. The van der Waals surface area contributed by atoms with Crippen molar-refractivity contribution in [1.82, 2.24) is 16.2 Å². The summed E-state index contributed by atoms with van der Waals surface area (Å²) in [5.41, 5.74) is 7.59. The second-order valence-corrected chi connectivity index (χ2v) is 8.55. The Morgan fingerprint density at radius 2 is 1.64 bits per heavy atom. The molecule has 1 aromatic rings. The Morgan fingerprint density at radius 3 is 2.24 bits per heavy atom.